The number of rotatable bonds is 6. The number of cyclic esters (lactones) is 1. The van der Waals surface area contributed by atoms with E-state index >= 15 is 0 Å². The Morgan fingerprint density at radius 3 is 2.57 bits per heavy atom. The molecule has 0 unspecified atom stereocenters. The number of nitro groups is 1. The molecule has 0 aromatic heterocycles. The lowest BCUT2D eigenvalue weighted by Crippen LogP contribution is -2.35. The van der Waals surface area contributed by atoms with Crippen molar-refractivity contribution in [3.05, 3.63) is 39.9 Å². The fourth-order valence-corrected chi connectivity index (χ4v) is 2.69. The zero-order chi connectivity index (χ0) is 17.0. The van der Waals surface area contributed by atoms with E-state index in [9.17, 15) is 19.7 Å². The summed E-state index contributed by atoms with van der Waals surface area (Å²) in [6.45, 7) is 3.82. The molecule has 1 heterocycles. The molecule has 124 valence electrons. The van der Waals surface area contributed by atoms with Crippen molar-refractivity contribution in [1.29, 1.82) is 0 Å². The van der Waals surface area contributed by atoms with Crippen LogP contribution in [0.2, 0.25) is 0 Å². The van der Waals surface area contributed by atoms with Crippen LogP contribution < -0.4 is 0 Å². The summed E-state index contributed by atoms with van der Waals surface area (Å²) < 4.78 is 10.8. The Labute approximate surface area is 133 Å². The van der Waals surface area contributed by atoms with Gasteiger partial charge in [0, 0.05) is 18.1 Å². The predicted octanol–water partition coefficient (Wildman–Crippen LogP) is 2.87. The van der Waals surface area contributed by atoms with Crippen molar-refractivity contribution in [3.8, 4) is 0 Å². The van der Waals surface area contributed by atoms with Gasteiger partial charge >= 0.3 is 11.9 Å². The standard InChI is InChI=1S/C16H19NO6/c1-3-10-9-14(18)23-15(10)13(4-2)22-16(19)11-5-7-12(8-6-11)17(20)21/h5-8,10,13,15H,3-4,9H2,1-2H3/t10-,13+,15+/m0/s1. The van der Waals surface area contributed by atoms with Gasteiger partial charge in [0.1, 0.15) is 12.2 Å². The van der Waals surface area contributed by atoms with Gasteiger partial charge in [-0.15, -0.1) is 0 Å². The number of nitro benzene ring substituents is 1. The summed E-state index contributed by atoms with van der Waals surface area (Å²) in [5.74, 6) is -0.812. The number of esters is 2. The van der Waals surface area contributed by atoms with Crippen LogP contribution in [-0.4, -0.2) is 29.1 Å². The summed E-state index contributed by atoms with van der Waals surface area (Å²) in [7, 11) is 0. The van der Waals surface area contributed by atoms with Gasteiger partial charge in [0.15, 0.2) is 0 Å². The van der Waals surface area contributed by atoms with Crippen molar-refractivity contribution in [2.45, 2.75) is 45.3 Å². The topological polar surface area (TPSA) is 95.7 Å². The number of hydrogen-bond donors (Lipinski definition) is 0. The van der Waals surface area contributed by atoms with Crippen LogP contribution >= 0.6 is 0 Å². The van der Waals surface area contributed by atoms with Gasteiger partial charge in [-0.25, -0.2) is 4.79 Å². The molecule has 0 radical (unpaired) electrons. The fraction of sp³-hybridized carbons (Fsp3) is 0.500. The first-order valence-electron chi connectivity index (χ1n) is 7.61. The molecule has 1 aromatic rings. The lowest BCUT2D eigenvalue weighted by atomic mass is 9.93. The minimum Gasteiger partial charge on any atom is -0.458 e. The summed E-state index contributed by atoms with van der Waals surface area (Å²) >= 11 is 0. The average molecular weight is 321 g/mol. The molecule has 0 N–H and O–H groups in total. The Balaban J connectivity index is 2.07. The number of ether oxygens (including phenoxy) is 2. The van der Waals surface area contributed by atoms with Gasteiger partial charge in [0.2, 0.25) is 0 Å². The molecule has 1 fully saturated rings. The highest BCUT2D eigenvalue weighted by molar-refractivity contribution is 5.89. The van der Waals surface area contributed by atoms with Gasteiger partial charge in [-0.1, -0.05) is 13.8 Å². The number of benzene rings is 1. The van der Waals surface area contributed by atoms with E-state index in [0.29, 0.717) is 12.8 Å². The molecule has 1 aromatic carbocycles. The predicted molar refractivity (Wildman–Crippen MR) is 80.9 cm³/mol. The highest BCUT2D eigenvalue weighted by Gasteiger charge is 2.40. The first-order chi connectivity index (χ1) is 11.0. The van der Waals surface area contributed by atoms with Gasteiger partial charge in [0.05, 0.1) is 16.9 Å². The van der Waals surface area contributed by atoms with E-state index in [2.05, 4.69) is 0 Å². The molecular formula is C16H19NO6. The summed E-state index contributed by atoms with van der Waals surface area (Å²) in [5.41, 5.74) is 0.135. The van der Waals surface area contributed by atoms with Crippen molar-refractivity contribution in [1.82, 2.24) is 0 Å². The van der Waals surface area contributed by atoms with Crippen molar-refractivity contribution in [2.24, 2.45) is 5.92 Å². The van der Waals surface area contributed by atoms with Crippen molar-refractivity contribution in [2.75, 3.05) is 0 Å². The van der Waals surface area contributed by atoms with Crippen LogP contribution in [0.3, 0.4) is 0 Å². The normalized spacial score (nSPS) is 21.6. The van der Waals surface area contributed by atoms with Gasteiger partial charge in [-0.05, 0) is 25.0 Å². The minimum atomic E-state index is -0.579. The number of hydrogen-bond acceptors (Lipinski definition) is 6. The fourth-order valence-electron chi connectivity index (χ4n) is 2.69. The third kappa shape index (κ3) is 3.85. The first-order valence-corrected chi connectivity index (χ1v) is 7.61. The molecule has 23 heavy (non-hydrogen) atoms. The molecule has 1 aliphatic heterocycles. The maximum atomic E-state index is 12.2. The maximum absolute atomic E-state index is 12.2. The molecule has 0 amide bonds. The van der Waals surface area contributed by atoms with E-state index in [-0.39, 0.29) is 23.1 Å². The third-order valence-electron chi connectivity index (χ3n) is 4.03. The molecular weight excluding hydrogens is 302 g/mol. The Kier molecular flexibility index (Phi) is 5.31. The van der Waals surface area contributed by atoms with E-state index in [1.54, 1.807) is 0 Å². The zero-order valence-electron chi connectivity index (χ0n) is 13.1. The van der Waals surface area contributed by atoms with Crippen LogP contribution in [-0.2, 0) is 14.3 Å². The van der Waals surface area contributed by atoms with Crippen LogP contribution in [0.1, 0.15) is 43.5 Å². The quantitative estimate of drug-likeness (QED) is 0.454. The Hall–Kier alpha value is -2.44. The number of nitrogens with zero attached hydrogens (tertiary/aromatic N) is 1. The summed E-state index contributed by atoms with van der Waals surface area (Å²) in [6.07, 6.45) is 0.677. The molecule has 3 atom stereocenters. The molecule has 2 rings (SSSR count). The van der Waals surface area contributed by atoms with Crippen LogP contribution in [0.15, 0.2) is 24.3 Å². The van der Waals surface area contributed by atoms with Crippen molar-refractivity contribution >= 4 is 17.6 Å². The molecule has 7 heteroatoms. The summed E-state index contributed by atoms with van der Waals surface area (Å²) in [4.78, 5) is 33.8. The second-order valence-corrected chi connectivity index (χ2v) is 5.48. The number of non-ortho nitro benzene ring substituents is 1. The summed E-state index contributed by atoms with van der Waals surface area (Å²) in [6, 6.07) is 5.21. The van der Waals surface area contributed by atoms with E-state index in [1.165, 1.54) is 24.3 Å². The number of carbonyl (C=O) groups excluding carboxylic acids is 2. The van der Waals surface area contributed by atoms with Crippen LogP contribution in [0.5, 0.6) is 0 Å². The van der Waals surface area contributed by atoms with Crippen molar-refractivity contribution < 1.29 is 24.0 Å². The highest BCUT2D eigenvalue weighted by Crippen LogP contribution is 2.30. The maximum Gasteiger partial charge on any atom is 0.338 e. The van der Waals surface area contributed by atoms with E-state index in [1.807, 2.05) is 13.8 Å². The lowest BCUT2D eigenvalue weighted by molar-refractivity contribution is -0.384. The Bertz CT molecular complexity index is 597. The molecule has 0 spiro atoms. The van der Waals surface area contributed by atoms with Gasteiger partial charge in [0.25, 0.3) is 5.69 Å². The lowest BCUT2D eigenvalue weighted by Gasteiger charge is -2.25. The second kappa shape index (κ2) is 7.21. The highest BCUT2D eigenvalue weighted by atomic mass is 16.6. The second-order valence-electron chi connectivity index (χ2n) is 5.48. The Morgan fingerprint density at radius 2 is 2.04 bits per heavy atom. The molecule has 0 saturated carbocycles. The van der Waals surface area contributed by atoms with E-state index in [0.717, 1.165) is 6.42 Å². The van der Waals surface area contributed by atoms with Gasteiger partial charge in [-0.3, -0.25) is 14.9 Å². The zero-order valence-corrected chi connectivity index (χ0v) is 13.1. The van der Waals surface area contributed by atoms with Crippen LogP contribution in [0.25, 0.3) is 0 Å². The molecule has 0 aliphatic carbocycles. The molecule has 1 aliphatic rings. The average Bonchev–Trinajstić information content (AvgIpc) is 2.93. The SMILES string of the molecule is CC[C@H]1CC(=O)O[C@H]1[C@@H](CC)OC(=O)c1ccc([N+](=O)[O-])cc1. The van der Waals surface area contributed by atoms with E-state index < -0.39 is 23.1 Å². The molecule has 7 nitrogen and oxygen atoms in total. The van der Waals surface area contributed by atoms with Crippen LogP contribution in [0, 0.1) is 16.0 Å². The van der Waals surface area contributed by atoms with Crippen LogP contribution in [0.4, 0.5) is 5.69 Å². The van der Waals surface area contributed by atoms with Crippen molar-refractivity contribution in [3.63, 3.8) is 0 Å². The smallest absolute Gasteiger partial charge is 0.338 e. The van der Waals surface area contributed by atoms with Gasteiger partial charge < -0.3 is 9.47 Å². The first kappa shape index (κ1) is 16.9. The van der Waals surface area contributed by atoms with Gasteiger partial charge in [-0.2, -0.15) is 0 Å². The monoisotopic (exact) mass is 321 g/mol. The largest absolute Gasteiger partial charge is 0.458 e. The number of carbonyl (C=O) groups is 2. The third-order valence-corrected chi connectivity index (χ3v) is 4.03. The Morgan fingerprint density at radius 1 is 1.39 bits per heavy atom. The molecule has 1 saturated heterocycles. The molecule has 0 bridgehead atoms. The van der Waals surface area contributed by atoms with E-state index in [4.69, 9.17) is 9.47 Å². The summed E-state index contributed by atoms with van der Waals surface area (Å²) in [5, 5.41) is 10.6. The minimum absolute atomic E-state index is 0.0390.